The van der Waals surface area contributed by atoms with Gasteiger partial charge in [-0.3, -0.25) is 13.7 Å². The largest absolute Gasteiger partial charge is 0.458 e. The van der Waals surface area contributed by atoms with E-state index in [0.29, 0.717) is 28.2 Å². The minimum Gasteiger partial charge on any atom is -0.458 e. The fourth-order valence-electron chi connectivity index (χ4n) is 9.43. The van der Waals surface area contributed by atoms with Crippen LogP contribution in [0, 0.1) is 13.3 Å². The summed E-state index contributed by atoms with van der Waals surface area (Å²) in [5, 5.41) is 2.15. The smallest absolute Gasteiger partial charge is 0.269 e. The molecule has 0 saturated carbocycles. The van der Waals surface area contributed by atoms with Crippen molar-refractivity contribution in [3.05, 3.63) is 235 Å². The molecule has 8 aromatic carbocycles. The molecule has 0 spiro atoms. The Morgan fingerprint density at radius 2 is 1.29 bits per heavy atom. The number of hydrogen-bond donors (Lipinski definition) is 0. The number of para-hydroxylation sites is 2. The van der Waals surface area contributed by atoms with E-state index >= 15 is 0 Å². The van der Waals surface area contributed by atoms with Crippen LogP contribution in [-0.2, 0) is 17.3 Å². The lowest BCUT2D eigenvalue weighted by Gasteiger charge is -2.25. The Bertz CT molecular complexity index is 4110. The molecule has 5 nitrogen and oxygen atoms in total. The molecule has 0 amide bonds. The number of pyridine rings is 1. The fourth-order valence-corrected chi connectivity index (χ4v) is 9.43. The van der Waals surface area contributed by atoms with Crippen molar-refractivity contribution in [2.75, 3.05) is 0 Å². The third-order valence-electron chi connectivity index (χ3n) is 12.8. The molecule has 332 valence electrons. The van der Waals surface area contributed by atoms with Crippen LogP contribution in [0.3, 0.4) is 0 Å². The van der Waals surface area contributed by atoms with E-state index in [-0.39, 0.29) is 38.8 Å². The Kier molecular flexibility index (Phi) is 8.16. The van der Waals surface area contributed by atoms with Gasteiger partial charge in [0.25, 0.3) is 6.33 Å². The summed E-state index contributed by atoms with van der Waals surface area (Å²) in [6, 6.07) is 40.5. The number of aryl methyl sites for hydroxylation is 1. The minimum absolute atomic E-state index is 0.0846. The van der Waals surface area contributed by atoms with Crippen molar-refractivity contribution < 1.29 is 23.0 Å². The van der Waals surface area contributed by atoms with E-state index in [2.05, 4.69) is 106 Å². The van der Waals surface area contributed by atoms with Crippen LogP contribution in [0.2, 0.25) is 0 Å². The Morgan fingerprint density at radius 3 is 2.01 bits per heavy atom. The molecular weight excluding hydrogens is 829 g/mol. The van der Waals surface area contributed by atoms with E-state index < -0.39 is 60.4 Å². The van der Waals surface area contributed by atoms with Gasteiger partial charge in [0, 0.05) is 23.0 Å². The maximum atomic E-state index is 9.10. The molecule has 11 aromatic rings. The minimum atomic E-state index is -0.566. The van der Waals surface area contributed by atoms with Gasteiger partial charge in [-0.1, -0.05) is 174 Å². The van der Waals surface area contributed by atoms with E-state index in [1.165, 1.54) is 11.1 Å². The van der Waals surface area contributed by atoms with Crippen molar-refractivity contribution in [1.82, 2.24) is 14.1 Å². The van der Waals surface area contributed by atoms with Crippen LogP contribution < -0.4 is 9.30 Å². The second-order valence-corrected chi connectivity index (χ2v) is 19.0. The second-order valence-electron chi connectivity index (χ2n) is 19.0. The summed E-state index contributed by atoms with van der Waals surface area (Å²) in [6.07, 6.45) is 6.19. The quantitative estimate of drug-likeness (QED) is 0.101. The average molecular weight is 893 g/mol. The highest BCUT2D eigenvalue weighted by atomic mass is 16.5. The maximum absolute atomic E-state index is 9.10. The van der Waals surface area contributed by atoms with Gasteiger partial charge < -0.3 is 4.74 Å². The van der Waals surface area contributed by atoms with Crippen LogP contribution in [0.25, 0.3) is 72.3 Å². The van der Waals surface area contributed by atoms with Crippen LogP contribution in [0.4, 0.5) is 0 Å². The summed E-state index contributed by atoms with van der Waals surface area (Å²) in [5.74, 6) is 1.89. The highest BCUT2D eigenvalue weighted by Crippen LogP contribution is 2.39. The lowest BCUT2D eigenvalue weighted by atomic mass is 9.79. The van der Waals surface area contributed by atoms with Gasteiger partial charge in [0.1, 0.15) is 17.3 Å². The summed E-state index contributed by atoms with van der Waals surface area (Å²) >= 11 is 0. The molecule has 0 radical (unpaired) electrons. The number of benzene rings is 8. The second kappa shape index (κ2) is 17.0. The first-order chi connectivity index (χ1) is 37.1. The summed E-state index contributed by atoms with van der Waals surface area (Å²) in [6.45, 7) is 13.1. The van der Waals surface area contributed by atoms with Crippen LogP contribution in [-0.4, -0.2) is 14.1 Å². The number of rotatable bonds is 10. The number of hydrogen-bond acceptors (Lipinski definition) is 2. The number of imidazole rings is 1. The molecule has 3 aromatic heterocycles. The maximum Gasteiger partial charge on any atom is 0.269 e. The van der Waals surface area contributed by atoms with Gasteiger partial charge in [-0.2, -0.15) is 0 Å². The van der Waals surface area contributed by atoms with Crippen LogP contribution in [0.15, 0.2) is 206 Å². The van der Waals surface area contributed by atoms with Gasteiger partial charge >= 0.3 is 0 Å². The first-order valence-electron chi connectivity index (χ1n) is 27.8. The third kappa shape index (κ3) is 7.84. The number of ether oxygens (including phenoxy) is 1. The first kappa shape index (κ1) is 32.6. The van der Waals surface area contributed by atoms with Gasteiger partial charge in [-0.05, 0) is 123 Å². The van der Waals surface area contributed by atoms with Gasteiger partial charge in [0.15, 0.2) is 0 Å². The van der Waals surface area contributed by atoms with E-state index in [9.17, 15) is 0 Å². The number of nitrogens with zero attached hydrogens (tertiary/aromatic N) is 4. The van der Waals surface area contributed by atoms with Crippen molar-refractivity contribution in [1.29, 1.82) is 0 Å². The molecule has 0 saturated heterocycles. The van der Waals surface area contributed by atoms with Crippen molar-refractivity contribution in [3.63, 3.8) is 0 Å². The van der Waals surface area contributed by atoms with E-state index in [4.69, 9.17) is 23.4 Å². The van der Waals surface area contributed by atoms with Crippen LogP contribution in [0.5, 0.6) is 11.5 Å². The zero-order chi connectivity index (χ0) is 55.3. The molecule has 68 heavy (non-hydrogen) atoms. The first-order valence-corrected chi connectivity index (χ1v) is 22.8. The Balaban J connectivity index is 1.06. The predicted molar refractivity (Wildman–Crippen MR) is 280 cm³/mol. The monoisotopic (exact) mass is 892 g/mol. The molecule has 0 fully saturated rings. The summed E-state index contributed by atoms with van der Waals surface area (Å²) in [7, 11) is 0. The normalized spacial score (nSPS) is 14.1. The van der Waals surface area contributed by atoms with Crippen LogP contribution >= 0.6 is 0 Å². The zero-order valence-corrected chi connectivity index (χ0v) is 38.8. The number of aromatic nitrogens is 4. The molecule has 0 aliphatic heterocycles. The van der Waals surface area contributed by atoms with Crippen molar-refractivity contribution in [3.8, 4) is 50.9 Å². The third-order valence-corrected chi connectivity index (χ3v) is 12.8. The highest BCUT2D eigenvalue weighted by Gasteiger charge is 2.24. The molecule has 0 bridgehead atoms. The topological polar surface area (TPSA) is 35.9 Å². The average Bonchev–Trinajstić information content (AvgIpc) is 4.16. The van der Waals surface area contributed by atoms with E-state index in [1.54, 1.807) is 22.8 Å². The summed E-state index contributed by atoms with van der Waals surface area (Å²) in [5.41, 5.74) is 8.31. The van der Waals surface area contributed by atoms with Crippen molar-refractivity contribution in [2.24, 2.45) is 0 Å². The Hall–Kier alpha value is -8.02. The molecule has 0 unspecified atom stereocenters. The fraction of sp³-hybridized carbons (Fsp3) is 0.143. The highest BCUT2D eigenvalue weighted by molar-refractivity contribution is 6.10. The predicted octanol–water partition coefficient (Wildman–Crippen LogP) is 15.5. The molecule has 0 N–H and O–H groups in total. The standard InChI is InChI=1S/C63H54N4O/c1-43-19-16-30-57-60(43)66(61-52(45-20-10-7-11-21-45)28-18-29-53(61)46-22-12-8-13-23-46)42-65(57)49-26-17-27-50(39-49)68-51-32-33-54-55-38-48(62(2,3)4)31-34-56(55)67(58(54)40-51)59-37-44(35-36-64-59)41-63(5,6)47-24-14-9-15-25-47/h7-40H,41H2,1-6H3/i7D,8D,10D,11D,12D,13D,20D,21D,22D,23D. The van der Waals surface area contributed by atoms with Crippen molar-refractivity contribution >= 4 is 32.8 Å². The SMILES string of the molecule is [2H]c1c([2H])c([2H])c(-c2cccc(-c3c([2H])c([2H])c([2H])c([2H])c3[2H])c2-[n+]2[c-]n(-c3cccc(Oc4ccc5c6cc(C(C)(C)C)ccc6n(-c6cc(CC(C)(C)c7ccccc7)ccn6)c5c4)c3)c3cccc(C)c32)c([2H])c1[2H]. The molecular formula is C63H54N4O. The van der Waals surface area contributed by atoms with Gasteiger partial charge in [0.2, 0.25) is 0 Å². The van der Waals surface area contributed by atoms with E-state index in [0.717, 1.165) is 45.2 Å². The Morgan fingerprint density at radius 1 is 0.603 bits per heavy atom. The molecule has 3 heterocycles. The molecule has 11 rings (SSSR count). The van der Waals surface area contributed by atoms with Crippen LogP contribution in [0.1, 0.15) is 70.6 Å². The van der Waals surface area contributed by atoms with Gasteiger partial charge in [-0.15, -0.1) is 0 Å². The molecule has 0 atom stereocenters. The van der Waals surface area contributed by atoms with Gasteiger partial charge in [-0.25, -0.2) is 4.98 Å². The van der Waals surface area contributed by atoms with Gasteiger partial charge in [0.05, 0.1) is 47.1 Å². The van der Waals surface area contributed by atoms with Crippen molar-refractivity contribution in [2.45, 2.75) is 58.8 Å². The number of fused-ring (bicyclic) bond motifs is 4. The summed E-state index contributed by atoms with van der Waals surface area (Å²) in [4.78, 5) is 4.98. The zero-order valence-electron chi connectivity index (χ0n) is 48.8. The lowest BCUT2D eigenvalue weighted by Crippen LogP contribution is -2.32. The molecule has 0 aliphatic rings. The lowest BCUT2D eigenvalue weighted by molar-refractivity contribution is -0.571. The van der Waals surface area contributed by atoms with E-state index in [1.807, 2.05) is 78.4 Å². The molecule has 0 aliphatic carbocycles. The Labute approximate surface area is 413 Å². The molecule has 5 heteroatoms. The summed E-state index contributed by atoms with van der Waals surface area (Å²) < 4.78 is 100.